The topological polar surface area (TPSA) is 54.0 Å². The molecule has 6 heteroatoms. The zero-order valence-corrected chi connectivity index (χ0v) is 21.3. The molecule has 0 aliphatic carbocycles. The fraction of sp³-hybridized carbons (Fsp3) is 0.290. The molecule has 0 radical (unpaired) electrons. The molecule has 3 aromatic carbocycles. The van der Waals surface area contributed by atoms with Crippen molar-refractivity contribution in [3.63, 3.8) is 0 Å². The van der Waals surface area contributed by atoms with Gasteiger partial charge in [-0.05, 0) is 60.0 Å². The van der Waals surface area contributed by atoms with Gasteiger partial charge in [-0.2, -0.15) is 0 Å². The number of anilines is 1. The van der Waals surface area contributed by atoms with E-state index in [1.165, 1.54) is 0 Å². The number of nitrogens with zero attached hydrogens (tertiary/aromatic N) is 1. The highest BCUT2D eigenvalue weighted by Crippen LogP contribution is 2.49. The third-order valence-corrected chi connectivity index (χ3v) is 7.24. The highest BCUT2D eigenvalue weighted by Gasteiger charge is 2.31. The first-order valence-electron chi connectivity index (χ1n) is 12.7. The zero-order chi connectivity index (χ0) is 25.9. The van der Waals surface area contributed by atoms with Crippen molar-refractivity contribution < 1.29 is 19.0 Å². The summed E-state index contributed by atoms with van der Waals surface area (Å²) in [5, 5.41) is 13.4. The van der Waals surface area contributed by atoms with E-state index < -0.39 is 0 Å². The maximum absolute atomic E-state index is 12.6. The molecule has 0 aromatic heterocycles. The molecular weight excluding hydrogens is 467 g/mol. The number of aromatic hydroxyl groups is 1. The van der Waals surface area contributed by atoms with E-state index in [4.69, 9.17) is 9.47 Å². The van der Waals surface area contributed by atoms with Gasteiger partial charge in [-0.15, -0.1) is 0 Å². The second-order valence-electron chi connectivity index (χ2n) is 9.64. The van der Waals surface area contributed by atoms with Crippen LogP contribution in [-0.4, -0.2) is 50.0 Å². The lowest BCUT2D eigenvalue weighted by Gasteiger charge is -2.37. The fourth-order valence-electron chi connectivity index (χ4n) is 5.23. The predicted molar refractivity (Wildman–Crippen MR) is 148 cm³/mol. The molecule has 192 valence electrons. The van der Waals surface area contributed by atoms with E-state index in [1.807, 2.05) is 55.6 Å². The molecule has 1 atom stereocenters. The number of alkyl halides is 1. The molecule has 0 bridgehead atoms. The molecule has 1 saturated heterocycles. The minimum absolute atomic E-state index is 0.183. The Kier molecular flexibility index (Phi) is 7.19. The summed E-state index contributed by atoms with van der Waals surface area (Å²) >= 11 is 0. The lowest BCUT2D eigenvalue weighted by atomic mass is 9.85. The van der Waals surface area contributed by atoms with E-state index in [-0.39, 0.29) is 24.4 Å². The van der Waals surface area contributed by atoms with Crippen LogP contribution in [0, 0.1) is 5.92 Å². The van der Waals surface area contributed by atoms with Crippen molar-refractivity contribution in [2.45, 2.75) is 13.0 Å². The number of nitrogens with one attached hydrogen (secondary N) is 1. The Hall–Kier alpha value is -3.77. The van der Waals surface area contributed by atoms with Gasteiger partial charge >= 0.3 is 0 Å². The highest BCUT2D eigenvalue weighted by molar-refractivity contribution is 5.97. The Labute approximate surface area is 217 Å². The van der Waals surface area contributed by atoms with Crippen LogP contribution >= 0.6 is 0 Å². The van der Waals surface area contributed by atoms with Crippen molar-refractivity contribution >= 4 is 22.9 Å². The summed E-state index contributed by atoms with van der Waals surface area (Å²) in [7, 11) is 1.88. The van der Waals surface area contributed by atoms with Crippen LogP contribution in [0.15, 0.2) is 67.2 Å². The second kappa shape index (κ2) is 10.7. The molecule has 0 spiro atoms. The fourth-order valence-corrected chi connectivity index (χ4v) is 5.23. The standard InChI is InChI=1S/C31H33FN2O3/c1-4-26-28(33-3)13-12-27-20(2)29(23-6-5-7-24(35)16-23)30(37-31(26)27)22-8-10-25(11-9-22)36-15-14-34-18-21(17-32)19-34/h4-13,16,21,30,33,35H,1,14-15,17-19H2,2-3H3. The Morgan fingerprint density at radius 1 is 1.16 bits per heavy atom. The predicted octanol–water partition coefficient (Wildman–Crippen LogP) is 6.42. The number of hydrogen-bond donors (Lipinski definition) is 2. The first-order valence-corrected chi connectivity index (χ1v) is 12.7. The number of benzene rings is 3. The Bertz CT molecular complexity index is 1310. The SMILES string of the molecule is C=Cc1c(NC)ccc2c1OC(c1ccc(OCCN3CC(CF)C3)cc1)C(c1cccc(O)c1)=C2C. The summed E-state index contributed by atoms with van der Waals surface area (Å²) in [4.78, 5) is 2.21. The largest absolute Gasteiger partial charge is 0.508 e. The third-order valence-electron chi connectivity index (χ3n) is 7.24. The summed E-state index contributed by atoms with van der Waals surface area (Å²) < 4.78 is 25.3. The molecule has 1 fully saturated rings. The van der Waals surface area contributed by atoms with Crippen LogP contribution in [0.4, 0.5) is 10.1 Å². The highest BCUT2D eigenvalue weighted by atomic mass is 19.1. The van der Waals surface area contributed by atoms with Gasteiger partial charge in [-0.1, -0.05) is 36.9 Å². The average Bonchev–Trinajstić information content (AvgIpc) is 2.89. The molecule has 37 heavy (non-hydrogen) atoms. The lowest BCUT2D eigenvalue weighted by molar-refractivity contribution is 0.0668. The summed E-state index contributed by atoms with van der Waals surface area (Å²) in [5.74, 6) is 1.97. The number of phenols is 1. The molecule has 0 amide bonds. The first-order chi connectivity index (χ1) is 18.0. The molecule has 5 nitrogen and oxygen atoms in total. The molecule has 2 aliphatic rings. The number of phenolic OH excluding ortho intramolecular Hbond substituents is 1. The Balaban J connectivity index is 1.45. The zero-order valence-electron chi connectivity index (χ0n) is 21.3. The van der Waals surface area contributed by atoms with Crippen molar-refractivity contribution in [2.75, 3.05) is 45.3 Å². The maximum atomic E-state index is 12.6. The summed E-state index contributed by atoms with van der Waals surface area (Å²) in [5.41, 5.74) is 6.85. The van der Waals surface area contributed by atoms with Crippen LogP contribution in [0.25, 0.3) is 17.2 Å². The number of likely N-dealkylation sites (tertiary alicyclic amines) is 1. The molecular formula is C31H33FN2O3. The Morgan fingerprint density at radius 3 is 2.62 bits per heavy atom. The first kappa shape index (κ1) is 24.9. The molecule has 2 heterocycles. The van der Waals surface area contributed by atoms with Gasteiger partial charge < -0.3 is 19.9 Å². The lowest BCUT2D eigenvalue weighted by Crippen LogP contribution is -2.49. The van der Waals surface area contributed by atoms with Crippen molar-refractivity contribution in [3.8, 4) is 17.2 Å². The molecule has 3 aromatic rings. The van der Waals surface area contributed by atoms with Crippen LogP contribution in [-0.2, 0) is 0 Å². The third kappa shape index (κ3) is 4.94. The van der Waals surface area contributed by atoms with E-state index in [0.29, 0.717) is 6.61 Å². The van der Waals surface area contributed by atoms with E-state index >= 15 is 0 Å². The number of fused-ring (bicyclic) bond motifs is 1. The van der Waals surface area contributed by atoms with Gasteiger partial charge in [0.2, 0.25) is 0 Å². The van der Waals surface area contributed by atoms with Crippen LogP contribution in [0.3, 0.4) is 0 Å². The van der Waals surface area contributed by atoms with Gasteiger partial charge in [0.25, 0.3) is 0 Å². The van der Waals surface area contributed by atoms with Crippen LogP contribution in [0.5, 0.6) is 17.2 Å². The summed E-state index contributed by atoms with van der Waals surface area (Å²) in [6.07, 6.45) is 1.44. The minimum atomic E-state index is -0.382. The van der Waals surface area contributed by atoms with Crippen LogP contribution < -0.4 is 14.8 Å². The number of hydrogen-bond acceptors (Lipinski definition) is 5. The number of halogens is 1. The van der Waals surface area contributed by atoms with Crippen molar-refractivity contribution in [1.29, 1.82) is 0 Å². The summed E-state index contributed by atoms with van der Waals surface area (Å²) in [6.45, 7) is 8.86. The van der Waals surface area contributed by atoms with Crippen LogP contribution in [0.2, 0.25) is 0 Å². The van der Waals surface area contributed by atoms with Gasteiger partial charge in [0, 0.05) is 55.0 Å². The quantitative estimate of drug-likeness (QED) is 0.355. The van der Waals surface area contributed by atoms with Gasteiger partial charge in [-0.3, -0.25) is 9.29 Å². The number of ether oxygens (including phenoxy) is 2. The minimum Gasteiger partial charge on any atom is -0.508 e. The van der Waals surface area contributed by atoms with Crippen molar-refractivity contribution in [2.24, 2.45) is 5.92 Å². The van der Waals surface area contributed by atoms with Gasteiger partial charge in [0.1, 0.15) is 30.0 Å². The number of allylic oxidation sites excluding steroid dienone is 1. The van der Waals surface area contributed by atoms with Gasteiger partial charge in [0.15, 0.2) is 0 Å². The van der Waals surface area contributed by atoms with Crippen LogP contribution in [0.1, 0.15) is 35.3 Å². The Morgan fingerprint density at radius 2 is 1.95 bits per heavy atom. The summed E-state index contributed by atoms with van der Waals surface area (Å²) in [6, 6.07) is 19.4. The normalized spacial score (nSPS) is 17.5. The molecule has 1 unspecified atom stereocenters. The van der Waals surface area contributed by atoms with E-state index in [0.717, 1.165) is 70.2 Å². The maximum Gasteiger partial charge on any atom is 0.150 e. The van der Waals surface area contributed by atoms with E-state index in [1.54, 1.807) is 12.1 Å². The molecule has 2 N–H and O–H groups in total. The molecule has 2 aliphatic heterocycles. The van der Waals surface area contributed by atoms with E-state index in [9.17, 15) is 9.50 Å². The monoisotopic (exact) mass is 500 g/mol. The van der Waals surface area contributed by atoms with Crippen molar-refractivity contribution in [1.82, 2.24) is 4.90 Å². The van der Waals surface area contributed by atoms with E-state index in [2.05, 4.69) is 29.8 Å². The molecule has 5 rings (SSSR count). The van der Waals surface area contributed by atoms with Crippen molar-refractivity contribution in [3.05, 3.63) is 89.5 Å². The van der Waals surface area contributed by atoms with Gasteiger partial charge in [-0.25, -0.2) is 0 Å². The average molecular weight is 501 g/mol. The molecule has 0 saturated carbocycles. The van der Waals surface area contributed by atoms with Gasteiger partial charge in [0.05, 0.1) is 6.67 Å². The smallest absolute Gasteiger partial charge is 0.150 e. The number of rotatable bonds is 9. The second-order valence-corrected chi connectivity index (χ2v) is 9.64.